The molecule has 2 heteroatoms. The number of nitrogens with one attached hydrogen (secondary N) is 1. The molecule has 0 aromatic carbocycles. The van der Waals surface area contributed by atoms with Gasteiger partial charge in [0.15, 0.2) is 0 Å². The standard InChI is InChI=1S/C19H37NO/c1-2-3-4-5-8-11-14-18-15-12-9-6-7-10-13-16-19(21)20-17-18/h18H,2-17H2,1H3,(H,20,21). The van der Waals surface area contributed by atoms with Gasteiger partial charge in [-0.1, -0.05) is 77.6 Å². The molecule has 0 bridgehead atoms. The quantitative estimate of drug-likeness (QED) is 0.608. The Bertz CT molecular complexity index is 252. The van der Waals surface area contributed by atoms with Crippen LogP contribution in [0.5, 0.6) is 0 Å². The van der Waals surface area contributed by atoms with E-state index in [4.69, 9.17) is 0 Å². The minimum Gasteiger partial charge on any atom is -0.356 e. The number of hydrogen-bond acceptors (Lipinski definition) is 1. The van der Waals surface area contributed by atoms with Gasteiger partial charge in [0.05, 0.1) is 0 Å². The molecule has 1 amide bonds. The van der Waals surface area contributed by atoms with Gasteiger partial charge < -0.3 is 5.32 Å². The van der Waals surface area contributed by atoms with Crippen molar-refractivity contribution in [2.45, 2.75) is 103 Å². The maximum absolute atomic E-state index is 11.8. The molecule has 2 nitrogen and oxygen atoms in total. The lowest BCUT2D eigenvalue weighted by molar-refractivity contribution is -0.121. The van der Waals surface area contributed by atoms with Crippen molar-refractivity contribution in [1.82, 2.24) is 5.32 Å². The molecule has 1 saturated heterocycles. The fourth-order valence-electron chi connectivity index (χ4n) is 3.33. The fourth-order valence-corrected chi connectivity index (χ4v) is 3.33. The summed E-state index contributed by atoms with van der Waals surface area (Å²) in [6, 6.07) is 0. The molecule has 0 aromatic rings. The van der Waals surface area contributed by atoms with Crippen LogP contribution in [0.4, 0.5) is 0 Å². The first-order valence-electron chi connectivity index (χ1n) is 9.59. The third-order valence-electron chi connectivity index (χ3n) is 4.82. The molecular formula is C19H37NO. The molecule has 124 valence electrons. The molecule has 1 aliphatic rings. The van der Waals surface area contributed by atoms with Crippen LogP contribution >= 0.6 is 0 Å². The van der Waals surface area contributed by atoms with Crippen LogP contribution in [0.3, 0.4) is 0 Å². The SMILES string of the molecule is CCCCCCCCC1CCCCCCCCC(=O)NC1. The monoisotopic (exact) mass is 295 g/mol. The van der Waals surface area contributed by atoms with Crippen LogP contribution in [0, 0.1) is 5.92 Å². The van der Waals surface area contributed by atoms with Crippen LogP contribution in [-0.2, 0) is 4.79 Å². The smallest absolute Gasteiger partial charge is 0.220 e. The molecule has 0 aromatic heterocycles. The third-order valence-corrected chi connectivity index (χ3v) is 4.82. The topological polar surface area (TPSA) is 29.1 Å². The number of carbonyl (C=O) groups is 1. The molecule has 1 N–H and O–H groups in total. The lowest BCUT2D eigenvalue weighted by atomic mass is 9.93. The van der Waals surface area contributed by atoms with Crippen molar-refractivity contribution in [2.24, 2.45) is 5.92 Å². The van der Waals surface area contributed by atoms with Crippen molar-refractivity contribution in [3.8, 4) is 0 Å². The molecule has 1 unspecified atom stereocenters. The third kappa shape index (κ3) is 10.8. The lowest BCUT2D eigenvalue weighted by Gasteiger charge is -2.18. The van der Waals surface area contributed by atoms with E-state index in [1.165, 1.54) is 83.5 Å². The molecule has 1 atom stereocenters. The molecule has 1 fully saturated rings. The van der Waals surface area contributed by atoms with Gasteiger partial charge in [-0.05, 0) is 25.2 Å². The average molecular weight is 296 g/mol. The van der Waals surface area contributed by atoms with Crippen molar-refractivity contribution in [3.05, 3.63) is 0 Å². The molecule has 0 spiro atoms. The van der Waals surface area contributed by atoms with Gasteiger partial charge >= 0.3 is 0 Å². The normalized spacial score (nSPS) is 22.1. The average Bonchev–Trinajstić information content (AvgIpc) is 2.48. The Morgan fingerprint density at radius 3 is 2.38 bits per heavy atom. The minimum atomic E-state index is 0.281. The van der Waals surface area contributed by atoms with Crippen molar-refractivity contribution < 1.29 is 4.79 Å². The zero-order valence-corrected chi connectivity index (χ0v) is 14.3. The number of carbonyl (C=O) groups excluding carboxylic acids is 1. The summed E-state index contributed by atoms with van der Waals surface area (Å²) in [7, 11) is 0. The molecular weight excluding hydrogens is 258 g/mol. The Kier molecular flexibility index (Phi) is 11.6. The van der Waals surface area contributed by atoms with Crippen LogP contribution in [0.15, 0.2) is 0 Å². The van der Waals surface area contributed by atoms with E-state index in [2.05, 4.69) is 12.2 Å². The molecule has 0 aliphatic carbocycles. The van der Waals surface area contributed by atoms with Gasteiger partial charge in [-0.25, -0.2) is 0 Å². The van der Waals surface area contributed by atoms with Crippen LogP contribution in [0.1, 0.15) is 103 Å². The van der Waals surface area contributed by atoms with Gasteiger partial charge in [0, 0.05) is 13.0 Å². The van der Waals surface area contributed by atoms with E-state index in [-0.39, 0.29) is 5.91 Å². The second kappa shape index (κ2) is 13.2. The first-order valence-corrected chi connectivity index (χ1v) is 9.59. The van der Waals surface area contributed by atoms with Gasteiger partial charge in [-0.2, -0.15) is 0 Å². The highest BCUT2D eigenvalue weighted by atomic mass is 16.1. The highest BCUT2D eigenvalue weighted by Crippen LogP contribution is 2.19. The van der Waals surface area contributed by atoms with Gasteiger partial charge in [-0.3, -0.25) is 4.79 Å². The molecule has 0 radical (unpaired) electrons. The van der Waals surface area contributed by atoms with Crippen molar-refractivity contribution >= 4 is 5.91 Å². The number of amides is 1. The first kappa shape index (κ1) is 18.5. The number of unbranched alkanes of at least 4 members (excludes halogenated alkanes) is 5. The van der Waals surface area contributed by atoms with Crippen molar-refractivity contribution in [3.63, 3.8) is 0 Å². The lowest BCUT2D eigenvalue weighted by Crippen LogP contribution is -2.29. The second-order valence-electron chi connectivity index (χ2n) is 6.89. The molecule has 1 heterocycles. The van der Waals surface area contributed by atoms with Gasteiger partial charge in [-0.15, -0.1) is 0 Å². The summed E-state index contributed by atoms with van der Waals surface area (Å²) < 4.78 is 0. The van der Waals surface area contributed by atoms with Crippen LogP contribution in [0.25, 0.3) is 0 Å². The predicted molar refractivity (Wildman–Crippen MR) is 91.4 cm³/mol. The van der Waals surface area contributed by atoms with E-state index in [1.54, 1.807) is 0 Å². The van der Waals surface area contributed by atoms with E-state index in [0.29, 0.717) is 0 Å². The Hall–Kier alpha value is -0.530. The summed E-state index contributed by atoms with van der Waals surface area (Å²) in [5.41, 5.74) is 0. The maximum atomic E-state index is 11.8. The van der Waals surface area contributed by atoms with Crippen LogP contribution in [0.2, 0.25) is 0 Å². The molecule has 0 saturated carbocycles. The Balaban J connectivity index is 2.19. The van der Waals surface area contributed by atoms with Crippen LogP contribution < -0.4 is 5.32 Å². The summed E-state index contributed by atoms with van der Waals surface area (Å²) in [4.78, 5) is 11.8. The Labute approximate surface area is 132 Å². The zero-order chi connectivity index (χ0) is 15.2. The summed E-state index contributed by atoms with van der Waals surface area (Å²) >= 11 is 0. The van der Waals surface area contributed by atoms with E-state index < -0.39 is 0 Å². The van der Waals surface area contributed by atoms with E-state index in [9.17, 15) is 4.79 Å². The summed E-state index contributed by atoms with van der Waals surface area (Å²) in [5, 5.41) is 3.17. The van der Waals surface area contributed by atoms with Gasteiger partial charge in [0.2, 0.25) is 5.91 Å². The van der Waals surface area contributed by atoms with E-state index in [1.807, 2.05) is 0 Å². The maximum Gasteiger partial charge on any atom is 0.220 e. The summed E-state index contributed by atoms with van der Waals surface area (Å²) in [6.07, 6.45) is 19.3. The summed E-state index contributed by atoms with van der Waals surface area (Å²) in [6.45, 7) is 3.20. The zero-order valence-electron chi connectivity index (χ0n) is 14.3. The number of rotatable bonds is 7. The predicted octanol–water partition coefficient (Wildman–Crippen LogP) is 5.60. The van der Waals surface area contributed by atoms with E-state index in [0.717, 1.165) is 25.3 Å². The second-order valence-corrected chi connectivity index (χ2v) is 6.89. The minimum absolute atomic E-state index is 0.281. The Morgan fingerprint density at radius 1 is 0.905 bits per heavy atom. The molecule has 21 heavy (non-hydrogen) atoms. The Morgan fingerprint density at radius 2 is 1.57 bits per heavy atom. The highest BCUT2D eigenvalue weighted by Gasteiger charge is 2.11. The van der Waals surface area contributed by atoms with Crippen LogP contribution in [-0.4, -0.2) is 12.5 Å². The summed E-state index contributed by atoms with van der Waals surface area (Å²) in [5.74, 6) is 1.00. The first-order chi connectivity index (χ1) is 10.3. The largest absolute Gasteiger partial charge is 0.356 e. The van der Waals surface area contributed by atoms with Crippen molar-refractivity contribution in [1.29, 1.82) is 0 Å². The van der Waals surface area contributed by atoms with Gasteiger partial charge in [0.1, 0.15) is 0 Å². The van der Waals surface area contributed by atoms with E-state index >= 15 is 0 Å². The molecule has 1 aliphatic heterocycles. The fraction of sp³-hybridized carbons (Fsp3) is 0.947. The number of hydrogen-bond donors (Lipinski definition) is 1. The highest BCUT2D eigenvalue weighted by molar-refractivity contribution is 5.75. The molecule has 1 rings (SSSR count). The van der Waals surface area contributed by atoms with Gasteiger partial charge in [0.25, 0.3) is 0 Å². The van der Waals surface area contributed by atoms with Crippen molar-refractivity contribution in [2.75, 3.05) is 6.54 Å².